The van der Waals surface area contributed by atoms with Crippen LogP contribution in [0.15, 0.2) is 48.5 Å². The molecule has 0 aliphatic rings. The number of nitrogens with two attached hydrogens (primary N) is 1. The zero-order valence-corrected chi connectivity index (χ0v) is 19.7. The van der Waals surface area contributed by atoms with E-state index in [1.807, 2.05) is 22.9 Å². The molecule has 6 nitrogen and oxygen atoms in total. The van der Waals surface area contributed by atoms with Gasteiger partial charge < -0.3 is 5.73 Å². The molecule has 0 radical (unpaired) electrons. The number of halogens is 2. The van der Waals surface area contributed by atoms with Crippen LogP contribution in [0.3, 0.4) is 0 Å². The lowest BCUT2D eigenvalue weighted by Crippen LogP contribution is -2.42. The number of primary amides is 1. The number of amides is 3. The largest absolute Gasteiger partial charge is 0.351 e. The van der Waals surface area contributed by atoms with Crippen LogP contribution in [0.2, 0.25) is 10.0 Å². The quantitative estimate of drug-likeness (QED) is 0.493. The van der Waals surface area contributed by atoms with E-state index >= 15 is 0 Å². The number of carbonyl (C=O) groups is 2. The zero-order valence-electron chi connectivity index (χ0n) is 18.1. The van der Waals surface area contributed by atoms with Crippen molar-refractivity contribution >= 4 is 35.1 Å². The fourth-order valence-corrected chi connectivity index (χ4v) is 4.39. The predicted molar refractivity (Wildman–Crippen MR) is 127 cm³/mol. The first-order valence-electron chi connectivity index (χ1n) is 10.5. The third-order valence-electron chi connectivity index (χ3n) is 5.29. The fourth-order valence-electron chi connectivity index (χ4n) is 3.82. The predicted octanol–water partition coefficient (Wildman–Crippen LogP) is 5.13. The third-order valence-corrected chi connectivity index (χ3v) is 5.73. The molecular formula is C24H26Cl2N4O2. The van der Waals surface area contributed by atoms with E-state index in [0.29, 0.717) is 28.6 Å². The molecule has 32 heavy (non-hydrogen) atoms. The van der Waals surface area contributed by atoms with E-state index in [4.69, 9.17) is 34.0 Å². The van der Waals surface area contributed by atoms with Gasteiger partial charge in [0.15, 0.2) is 0 Å². The van der Waals surface area contributed by atoms with Gasteiger partial charge in [-0.2, -0.15) is 5.10 Å². The number of nitrogens with zero attached hydrogens (tertiary/aromatic N) is 3. The van der Waals surface area contributed by atoms with E-state index < -0.39 is 11.9 Å². The molecule has 168 valence electrons. The van der Waals surface area contributed by atoms with Gasteiger partial charge in [-0.15, -0.1) is 0 Å². The van der Waals surface area contributed by atoms with Gasteiger partial charge in [0.05, 0.1) is 18.8 Å². The monoisotopic (exact) mass is 472 g/mol. The van der Waals surface area contributed by atoms with Gasteiger partial charge in [-0.25, -0.2) is 4.79 Å². The number of hydrogen-bond donors (Lipinski definition) is 1. The second kappa shape index (κ2) is 10.7. The maximum Gasteiger partial charge on any atom is 0.321 e. The summed E-state index contributed by atoms with van der Waals surface area (Å²) in [6.07, 6.45) is 2.15. The van der Waals surface area contributed by atoms with Crippen molar-refractivity contribution in [2.75, 3.05) is 6.54 Å². The van der Waals surface area contributed by atoms with Crippen molar-refractivity contribution in [1.82, 2.24) is 14.7 Å². The van der Waals surface area contributed by atoms with Crippen LogP contribution in [0.1, 0.15) is 46.7 Å². The van der Waals surface area contributed by atoms with E-state index in [9.17, 15) is 9.59 Å². The van der Waals surface area contributed by atoms with Crippen LogP contribution in [0, 0.1) is 0 Å². The molecule has 3 aromatic rings. The number of aryl methyl sites for hydroxylation is 1. The zero-order chi connectivity index (χ0) is 23.3. The number of urea groups is 1. The number of imide groups is 1. The van der Waals surface area contributed by atoms with Crippen molar-refractivity contribution in [2.24, 2.45) is 5.73 Å². The fraction of sp³-hybridized carbons (Fsp3) is 0.292. The van der Waals surface area contributed by atoms with Gasteiger partial charge in [-0.3, -0.25) is 14.4 Å². The molecule has 0 saturated heterocycles. The van der Waals surface area contributed by atoms with Crippen LogP contribution in [0.4, 0.5) is 4.79 Å². The van der Waals surface area contributed by atoms with E-state index in [1.54, 1.807) is 30.3 Å². The molecule has 2 N–H and O–H groups in total. The van der Waals surface area contributed by atoms with Crippen LogP contribution in [-0.4, -0.2) is 33.2 Å². The van der Waals surface area contributed by atoms with E-state index in [2.05, 4.69) is 13.8 Å². The van der Waals surface area contributed by atoms with Gasteiger partial charge in [-0.1, -0.05) is 55.2 Å². The average molecular weight is 473 g/mol. The number of aromatic nitrogens is 2. The highest BCUT2D eigenvalue weighted by Gasteiger charge is 2.22. The van der Waals surface area contributed by atoms with Crippen molar-refractivity contribution < 1.29 is 9.59 Å². The van der Waals surface area contributed by atoms with Gasteiger partial charge in [0.1, 0.15) is 0 Å². The maximum atomic E-state index is 12.8. The SMILES string of the molecule is CCc1nn(CCN(C(N)=O)C(=O)c2ccccc2)c(CC)c1Cc1cc(Cl)cc(Cl)c1. The minimum absolute atomic E-state index is 0.128. The summed E-state index contributed by atoms with van der Waals surface area (Å²) >= 11 is 12.4. The topological polar surface area (TPSA) is 81.2 Å². The molecule has 1 heterocycles. The number of hydrogen-bond acceptors (Lipinski definition) is 3. The summed E-state index contributed by atoms with van der Waals surface area (Å²) in [5, 5.41) is 5.95. The maximum absolute atomic E-state index is 12.8. The molecule has 0 bridgehead atoms. The Balaban J connectivity index is 1.86. The molecule has 0 fully saturated rings. The molecule has 0 spiro atoms. The molecule has 8 heteroatoms. The van der Waals surface area contributed by atoms with E-state index in [1.165, 1.54) is 0 Å². The Morgan fingerprint density at radius 3 is 2.25 bits per heavy atom. The Hall–Kier alpha value is -2.83. The normalized spacial score (nSPS) is 10.9. The summed E-state index contributed by atoms with van der Waals surface area (Å²) < 4.78 is 1.87. The van der Waals surface area contributed by atoms with Crippen LogP contribution in [0.25, 0.3) is 0 Å². The van der Waals surface area contributed by atoms with Crippen molar-refractivity contribution in [1.29, 1.82) is 0 Å². The Morgan fingerprint density at radius 1 is 1.03 bits per heavy atom. The van der Waals surface area contributed by atoms with Crippen molar-refractivity contribution in [2.45, 2.75) is 39.7 Å². The van der Waals surface area contributed by atoms with Crippen LogP contribution in [0.5, 0.6) is 0 Å². The smallest absolute Gasteiger partial charge is 0.321 e. The standard InChI is InChI=1S/C24H26Cl2N4O2/c1-3-21-20(14-16-12-18(25)15-19(26)13-16)22(4-2)30(28-21)11-10-29(24(27)32)23(31)17-8-6-5-7-9-17/h5-9,12-13,15H,3-4,10-11,14H2,1-2H3,(H2,27,32). The molecule has 0 aliphatic carbocycles. The Kier molecular flexibility index (Phi) is 7.94. The first-order valence-corrected chi connectivity index (χ1v) is 11.3. The first-order chi connectivity index (χ1) is 15.3. The molecule has 0 unspecified atom stereocenters. The van der Waals surface area contributed by atoms with Crippen molar-refractivity contribution in [3.63, 3.8) is 0 Å². The van der Waals surface area contributed by atoms with Crippen LogP contribution >= 0.6 is 23.2 Å². The number of carbonyl (C=O) groups excluding carboxylic acids is 2. The highest BCUT2D eigenvalue weighted by atomic mass is 35.5. The van der Waals surface area contributed by atoms with Gasteiger partial charge in [-0.05, 0) is 48.7 Å². The number of benzene rings is 2. The molecule has 2 aromatic carbocycles. The first kappa shape index (κ1) is 23.8. The van der Waals surface area contributed by atoms with Gasteiger partial charge in [0.25, 0.3) is 5.91 Å². The Morgan fingerprint density at radius 2 is 1.69 bits per heavy atom. The lowest BCUT2D eigenvalue weighted by atomic mass is 10.0. The summed E-state index contributed by atoms with van der Waals surface area (Å²) in [7, 11) is 0. The lowest BCUT2D eigenvalue weighted by molar-refractivity contribution is 0.0802. The van der Waals surface area contributed by atoms with Crippen molar-refractivity contribution in [3.05, 3.63) is 86.7 Å². The van der Waals surface area contributed by atoms with Gasteiger partial charge >= 0.3 is 6.03 Å². The highest BCUT2D eigenvalue weighted by molar-refractivity contribution is 6.34. The summed E-state index contributed by atoms with van der Waals surface area (Å²) in [4.78, 5) is 25.8. The van der Waals surface area contributed by atoms with Crippen molar-refractivity contribution in [3.8, 4) is 0 Å². The summed E-state index contributed by atoms with van der Waals surface area (Å²) in [5.41, 5.74) is 10.1. The van der Waals surface area contributed by atoms with E-state index in [-0.39, 0.29) is 6.54 Å². The minimum atomic E-state index is -0.784. The van der Waals surface area contributed by atoms with E-state index in [0.717, 1.165) is 40.3 Å². The van der Waals surface area contributed by atoms with Gasteiger partial charge in [0.2, 0.25) is 0 Å². The lowest BCUT2D eigenvalue weighted by Gasteiger charge is -2.19. The summed E-state index contributed by atoms with van der Waals surface area (Å²) in [6, 6.07) is 13.3. The second-order valence-electron chi connectivity index (χ2n) is 7.42. The molecule has 0 atom stereocenters. The highest BCUT2D eigenvalue weighted by Crippen LogP contribution is 2.25. The molecule has 0 aliphatic heterocycles. The van der Waals surface area contributed by atoms with Crippen LogP contribution in [-0.2, 0) is 25.8 Å². The Labute approximate surface area is 197 Å². The third kappa shape index (κ3) is 5.50. The Bertz CT molecular complexity index is 1090. The second-order valence-corrected chi connectivity index (χ2v) is 8.29. The summed E-state index contributed by atoms with van der Waals surface area (Å²) in [5.74, 6) is -0.423. The summed E-state index contributed by atoms with van der Waals surface area (Å²) in [6.45, 7) is 4.59. The number of rotatable bonds is 8. The molecular weight excluding hydrogens is 447 g/mol. The van der Waals surface area contributed by atoms with Crippen LogP contribution < -0.4 is 5.73 Å². The molecule has 3 amide bonds. The average Bonchev–Trinajstić information content (AvgIpc) is 3.09. The molecule has 3 rings (SSSR count). The minimum Gasteiger partial charge on any atom is -0.351 e. The molecule has 0 saturated carbocycles. The molecule has 1 aromatic heterocycles. The van der Waals surface area contributed by atoms with Gasteiger partial charge in [0, 0.05) is 33.3 Å².